The van der Waals surface area contributed by atoms with Crippen LogP contribution in [0, 0.1) is 20.8 Å². The predicted molar refractivity (Wildman–Crippen MR) is 120 cm³/mol. The zero-order valence-electron chi connectivity index (χ0n) is 18.6. The second kappa shape index (κ2) is 9.53. The number of nitrogens with one attached hydrogen (secondary N) is 1. The number of hydrogen-bond donors (Lipinski definition) is 1. The van der Waals surface area contributed by atoms with Crippen LogP contribution in [0.15, 0.2) is 6.07 Å². The molecule has 0 unspecified atom stereocenters. The van der Waals surface area contributed by atoms with E-state index in [1.807, 2.05) is 44.4 Å². The first-order valence-electron chi connectivity index (χ1n) is 10.2. The van der Waals surface area contributed by atoms with E-state index >= 15 is 0 Å². The molecule has 0 aliphatic heterocycles. The lowest BCUT2D eigenvalue weighted by molar-refractivity contribution is 0.0531. The maximum Gasteiger partial charge on any atom is 0.348 e. The van der Waals surface area contributed by atoms with Gasteiger partial charge in [-0.2, -0.15) is 5.10 Å². The Morgan fingerprint density at radius 1 is 1.27 bits per heavy atom. The number of nitrogens with zero attached hydrogens (tertiary/aromatic N) is 5. The first kappa shape index (κ1) is 22.2. The molecule has 8 nitrogen and oxygen atoms in total. The van der Waals surface area contributed by atoms with Gasteiger partial charge >= 0.3 is 5.97 Å². The molecule has 3 aromatic rings. The van der Waals surface area contributed by atoms with Crippen molar-refractivity contribution in [3.63, 3.8) is 0 Å². The van der Waals surface area contributed by atoms with Crippen molar-refractivity contribution in [2.45, 2.75) is 47.2 Å². The summed E-state index contributed by atoms with van der Waals surface area (Å²) in [5.41, 5.74) is 3.07. The van der Waals surface area contributed by atoms with E-state index in [4.69, 9.17) is 14.7 Å². The molecule has 0 saturated heterocycles. The lowest BCUT2D eigenvalue weighted by atomic mass is 10.2. The van der Waals surface area contributed by atoms with Gasteiger partial charge < -0.3 is 15.0 Å². The number of anilines is 1. The molecule has 9 heteroatoms. The minimum absolute atomic E-state index is 0.303. The smallest absolute Gasteiger partial charge is 0.348 e. The van der Waals surface area contributed by atoms with Crippen LogP contribution in [0.4, 0.5) is 5.82 Å². The lowest BCUT2D eigenvalue weighted by Crippen LogP contribution is -2.15. The molecule has 3 rings (SSSR count). The van der Waals surface area contributed by atoms with Gasteiger partial charge in [0.1, 0.15) is 21.3 Å². The third-order valence-electron chi connectivity index (χ3n) is 4.70. The quantitative estimate of drug-likeness (QED) is 0.410. The molecular formula is C21H30N6O2S. The van der Waals surface area contributed by atoms with Gasteiger partial charge in [0.15, 0.2) is 0 Å². The number of carbonyl (C=O) groups excluding carboxylic acids is 1. The fourth-order valence-corrected chi connectivity index (χ4v) is 4.49. The highest BCUT2D eigenvalue weighted by Gasteiger charge is 2.21. The highest BCUT2D eigenvalue weighted by atomic mass is 32.1. The van der Waals surface area contributed by atoms with Gasteiger partial charge in [0.05, 0.1) is 24.2 Å². The van der Waals surface area contributed by atoms with Crippen molar-refractivity contribution < 1.29 is 9.53 Å². The summed E-state index contributed by atoms with van der Waals surface area (Å²) < 4.78 is 7.25. The van der Waals surface area contributed by atoms with Crippen LogP contribution in [0.1, 0.15) is 45.8 Å². The first-order chi connectivity index (χ1) is 14.3. The van der Waals surface area contributed by atoms with Crippen LogP contribution in [0.25, 0.3) is 10.2 Å². The van der Waals surface area contributed by atoms with Crippen LogP contribution >= 0.6 is 11.3 Å². The zero-order valence-corrected chi connectivity index (χ0v) is 19.4. The summed E-state index contributed by atoms with van der Waals surface area (Å²) in [6.45, 7) is 10.4. The van der Waals surface area contributed by atoms with Crippen LogP contribution < -0.4 is 5.32 Å². The first-order valence-corrected chi connectivity index (χ1v) is 11.0. The van der Waals surface area contributed by atoms with Gasteiger partial charge in [-0.3, -0.25) is 4.68 Å². The largest absolute Gasteiger partial charge is 0.462 e. The van der Waals surface area contributed by atoms with Gasteiger partial charge in [0, 0.05) is 18.8 Å². The Morgan fingerprint density at radius 2 is 2.03 bits per heavy atom. The predicted octanol–water partition coefficient (Wildman–Crippen LogP) is 3.55. The van der Waals surface area contributed by atoms with Gasteiger partial charge in [-0.25, -0.2) is 14.8 Å². The summed E-state index contributed by atoms with van der Waals surface area (Å²) in [6.07, 6.45) is 0.907. The van der Waals surface area contributed by atoms with Crippen molar-refractivity contribution >= 4 is 33.3 Å². The van der Waals surface area contributed by atoms with E-state index < -0.39 is 0 Å². The maximum atomic E-state index is 12.4. The lowest BCUT2D eigenvalue weighted by Gasteiger charge is -2.12. The third-order valence-corrected chi connectivity index (χ3v) is 5.86. The normalized spacial score (nSPS) is 11.4. The van der Waals surface area contributed by atoms with Gasteiger partial charge in [-0.05, 0) is 59.8 Å². The van der Waals surface area contributed by atoms with Gasteiger partial charge in [-0.1, -0.05) is 0 Å². The number of carbonyl (C=O) groups is 1. The van der Waals surface area contributed by atoms with Gasteiger partial charge in [0.2, 0.25) is 0 Å². The molecule has 0 aliphatic carbocycles. The Morgan fingerprint density at radius 3 is 2.67 bits per heavy atom. The fraction of sp³-hybridized carbons (Fsp3) is 0.524. The molecule has 0 fully saturated rings. The number of fused-ring (bicyclic) bond motifs is 1. The van der Waals surface area contributed by atoms with Crippen molar-refractivity contribution in [3.05, 3.63) is 33.7 Å². The van der Waals surface area contributed by atoms with E-state index in [0.29, 0.717) is 18.0 Å². The summed E-state index contributed by atoms with van der Waals surface area (Å²) in [5.74, 6) is 1.20. The highest BCUT2D eigenvalue weighted by molar-refractivity contribution is 7.20. The van der Waals surface area contributed by atoms with Crippen LogP contribution in [0.3, 0.4) is 0 Å². The molecule has 3 heterocycles. The standard InChI is InChI=1S/C21H30N6O2S/c1-7-29-21(28)18-15(4)17-19(23-16(12-26(5)6)24-20(17)30-18)22-9-8-10-27-14(3)11-13(2)25-27/h11H,7-10,12H2,1-6H3,(H,22,23,24). The summed E-state index contributed by atoms with van der Waals surface area (Å²) in [6, 6.07) is 2.08. The number of aromatic nitrogens is 4. The average Bonchev–Trinajstić information content (AvgIpc) is 3.17. The number of thiophene rings is 1. The van der Waals surface area contributed by atoms with E-state index in [0.717, 1.165) is 58.3 Å². The molecule has 0 aliphatic rings. The molecule has 0 bridgehead atoms. The van der Waals surface area contributed by atoms with Crippen molar-refractivity contribution in [2.75, 3.05) is 32.6 Å². The number of ether oxygens (including phenoxy) is 1. The SMILES string of the molecule is CCOC(=O)c1sc2nc(CN(C)C)nc(NCCCn3nc(C)cc3C)c2c1C. The van der Waals surface area contributed by atoms with Crippen LogP contribution in [0.5, 0.6) is 0 Å². The molecular weight excluding hydrogens is 400 g/mol. The van der Waals surface area contributed by atoms with Gasteiger partial charge in [-0.15, -0.1) is 11.3 Å². The van der Waals surface area contributed by atoms with Crippen molar-refractivity contribution in [2.24, 2.45) is 0 Å². The summed E-state index contributed by atoms with van der Waals surface area (Å²) in [4.78, 5) is 25.2. The highest BCUT2D eigenvalue weighted by Crippen LogP contribution is 2.34. The number of rotatable bonds is 9. The number of aryl methyl sites for hydroxylation is 4. The second-order valence-corrected chi connectivity index (χ2v) is 8.61. The maximum absolute atomic E-state index is 12.4. The molecule has 30 heavy (non-hydrogen) atoms. The fourth-order valence-electron chi connectivity index (χ4n) is 3.39. The summed E-state index contributed by atoms with van der Waals surface area (Å²) in [7, 11) is 3.97. The topological polar surface area (TPSA) is 85.2 Å². The molecule has 0 spiro atoms. The molecule has 0 saturated carbocycles. The monoisotopic (exact) mass is 430 g/mol. The van der Waals surface area contributed by atoms with E-state index in [9.17, 15) is 4.79 Å². The molecule has 162 valence electrons. The minimum Gasteiger partial charge on any atom is -0.462 e. The van der Waals surface area contributed by atoms with Crippen molar-refractivity contribution in [1.29, 1.82) is 0 Å². The van der Waals surface area contributed by atoms with E-state index in [1.54, 1.807) is 0 Å². The Balaban J connectivity index is 1.84. The molecule has 1 N–H and O–H groups in total. The van der Waals surface area contributed by atoms with Crippen LogP contribution in [0.2, 0.25) is 0 Å². The molecule has 0 atom stereocenters. The number of esters is 1. The Hall–Kier alpha value is -2.52. The minimum atomic E-state index is -0.303. The Bertz CT molecular complexity index is 1040. The number of hydrogen-bond acceptors (Lipinski definition) is 8. The molecule has 0 aromatic carbocycles. The Kier molecular flexibility index (Phi) is 7.04. The summed E-state index contributed by atoms with van der Waals surface area (Å²) in [5, 5.41) is 8.88. The van der Waals surface area contributed by atoms with E-state index in [-0.39, 0.29) is 5.97 Å². The van der Waals surface area contributed by atoms with E-state index in [1.165, 1.54) is 11.3 Å². The third kappa shape index (κ3) is 4.96. The summed E-state index contributed by atoms with van der Waals surface area (Å²) >= 11 is 1.37. The molecule has 0 radical (unpaired) electrons. The average molecular weight is 431 g/mol. The van der Waals surface area contributed by atoms with Crippen LogP contribution in [-0.4, -0.2) is 57.9 Å². The zero-order chi connectivity index (χ0) is 21.8. The molecule has 3 aromatic heterocycles. The van der Waals surface area contributed by atoms with E-state index in [2.05, 4.69) is 23.4 Å². The van der Waals surface area contributed by atoms with Crippen molar-refractivity contribution in [1.82, 2.24) is 24.6 Å². The molecule has 0 amide bonds. The Labute approximate surface area is 181 Å². The van der Waals surface area contributed by atoms with Gasteiger partial charge in [0.25, 0.3) is 0 Å². The van der Waals surface area contributed by atoms with Crippen LogP contribution in [-0.2, 0) is 17.8 Å². The second-order valence-electron chi connectivity index (χ2n) is 7.61. The van der Waals surface area contributed by atoms with Crippen molar-refractivity contribution in [3.8, 4) is 0 Å².